The van der Waals surface area contributed by atoms with Crippen LogP contribution in [0.2, 0.25) is 0 Å². The van der Waals surface area contributed by atoms with Crippen molar-refractivity contribution in [3.63, 3.8) is 0 Å². The predicted molar refractivity (Wildman–Crippen MR) is 86.6 cm³/mol. The van der Waals surface area contributed by atoms with Gasteiger partial charge in [0.05, 0.1) is 10.2 Å². The number of hydrogen-bond donors (Lipinski definition) is 1. The second-order valence-corrected chi connectivity index (χ2v) is 6.42. The fourth-order valence-corrected chi connectivity index (χ4v) is 3.75. The summed E-state index contributed by atoms with van der Waals surface area (Å²) in [5, 5.41) is 4.25. The first kappa shape index (κ1) is 13.7. The molecule has 106 valence electrons. The van der Waals surface area contributed by atoms with E-state index in [9.17, 15) is 0 Å². The highest BCUT2D eigenvalue weighted by Gasteiger charge is 2.17. The molecule has 1 heterocycles. The number of hydrogen-bond acceptors (Lipinski definition) is 2. The molecule has 1 aliphatic rings. The van der Waals surface area contributed by atoms with E-state index < -0.39 is 0 Å². The van der Waals surface area contributed by atoms with Crippen LogP contribution in [-0.4, -0.2) is 9.78 Å². The van der Waals surface area contributed by atoms with Gasteiger partial charge in [-0.1, -0.05) is 43.5 Å². The second kappa shape index (κ2) is 5.60. The molecule has 3 nitrogen and oxygen atoms in total. The van der Waals surface area contributed by atoms with Crippen molar-refractivity contribution in [2.45, 2.75) is 38.0 Å². The standard InChI is InChI=1S/C16H20BrN3/c1-20-15(14(17)16(18)19-20)13-9-7-12(8-10-13)11-5-3-2-4-6-11/h7-11H,2-6H2,1H3,(H2,18,19). The van der Waals surface area contributed by atoms with Crippen molar-refractivity contribution in [1.82, 2.24) is 9.78 Å². The lowest BCUT2D eigenvalue weighted by atomic mass is 9.84. The minimum Gasteiger partial charge on any atom is -0.381 e. The monoisotopic (exact) mass is 333 g/mol. The van der Waals surface area contributed by atoms with E-state index in [0.717, 1.165) is 21.6 Å². The van der Waals surface area contributed by atoms with Gasteiger partial charge in [0.2, 0.25) is 0 Å². The van der Waals surface area contributed by atoms with Gasteiger partial charge >= 0.3 is 0 Å². The summed E-state index contributed by atoms with van der Waals surface area (Å²) < 4.78 is 2.71. The molecule has 1 fully saturated rings. The molecule has 2 N–H and O–H groups in total. The average Bonchev–Trinajstić information content (AvgIpc) is 2.73. The molecule has 0 radical (unpaired) electrons. The van der Waals surface area contributed by atoms with Gasteiger partial charge in [0, 0.05) is 12.6 Å². The first-order valence-corrected chi connectivity index (χ1v) is 8.04. The first-order valence-electron chi connectivity index (χ1n) is 7.25. The van der Waals surface area contributed by atoms with Crippen LogP contribution in [0.1, 0.15) is 43.6 Å². The number of nitrogen functional groups attached to an aromatic ring is 1. The molecule has 20 heavy (non-hydrogen) atoms. The van der Waals surface area contributed by atoms with Gasteiger partial charge in [0.25, 0.3) is 0 Å². The zero-order valence-electron chi connectivity index (χ0n) is 11.8. The smallest absolute Gasteiger partial charge is 0.160 e. The van der Waals surface area contributed by atoms with Crippen molar-refractivity contribution in [2.75, 3.05) is 5.73 Å². The van der Waals surface area contributed by atoms with Gasteiger partial charge in [-0.2, -0.15) is 5.10 Å². The SMILES string of the molecule is Cn1nc(N)c(Br)c1-c1ccc(C2CCCCC2)cc1. The third kappa shape index (κ3) is 2.49. The van der Waals surface area contributed by atoms with Crippen molar-refractivity contribution in [3.05, 3.63) is 34.3 Å². The van der Waals surface area contributed by atoms with E-state index in [0.29, 0.717) is 5.82 Å². The number of rotatable bonds is 2. The summed E-state index contributed by atoms with van der Waals surface area (Å²) in [7, 11) is 1.92. The lowest BCUT2D eigenvalue weighted by Crippen LogP contribution is -2.04. The molecule has 3 rings (SSSR count). The van der Waals surface area contributed by atoms with E-state index >= 15 is 0 Å². The van der Waals surface area contributed by atoms with E-state index in [1.165, 1.54) is 37.7 Å². The zero-order valence-corrected chi connectivity index (χ0v) is 13.4. The van der Waals surface area contributed by atoms with Gasteiger partial charge in [0.1, 0.15) is 0 Å². The Balaban J connectivity index is 1.89. The van der Waals surface area contributed by atoms with Crippen LogP contribution < -0.4 is 5.73 Å². The number of aryl methyl sites for hydroxylation is 1. The van der Waals surface area contributed by atoms with E-state index in [1.54, 1.807) is 0 Å². The molecule has 0 spiro atoms. The second-order valence-electron chi connectivity index (χ2n) is 5.63. The van der Waals surface area contributed by atoms with Crippen LogP contribution in [0.3, 0.4) is 0 Å². The zero-order chi connectivity index (χ0) is 14.1. The number of anilines is 1. The van der Waals surface area contributed by atoms with Gasteiger partial charge in [-0.25, -0.2) is 0 Å². The van der Waals surface area contributed by atoms with Crippen LogP contribution in [-0.2, 0) is 7.05 Å². The maximum atomic E-state index is 5.85. The molecular weight excluding hydrogens is 314 g/mol. The largest absolute Gasteiger partial charge is 0.381 e. The molecule has 0 bridgehead atoms. The number of halogens is 1. The van der Waals surface area contributed by atoms with Crippen LogP contribution in [0.15, 0.2) is 28.7 Å². The van der Waals surface area contributed by atoms with Crippen LogP contribution in [0.4, 0.5) is 5.82 Å². The van der Waals surface area contributed by atoms with Crippen molar-refractivity contribution in [2.24, 2.45) is 7.05 Å². The Kier molecular flexibility index (Phi) is 3.83. The van der Waals surface area contributed by atoms with Gasteiger partial charge in [-0.05, 0) is 40.3 Å². The third-order valence-corrected chi connectivity index (χ3v) is 5.06. The topological polar surface area (TPSA) is 43.8 Å². The van der Waals surface area contributed by atoms with E-state index in [1.807, 2.05) is 11.7 Å². The van der Waals surface area contributed by atoms with Gasteiger partial charge < -0.3 is 5.73 Å². The quantitative estimate of drug-likeness (QED) is 0.880. The summed E-state index contributed by atoms with van der Waals surface area (Å²) in [5.74, 6) is 1.29. The summed E-state index contributed by atoms with van der Waals surface area (Å²) in [6.45, 7) is 0. The van der Waals surface area contributed by atoms with Crippen LogP contribution in [0.5, 0.6) is 0 Å². The van der Waals surface area contributed by atoms with Crippen LogP contribution in [0.25, 0.3) is 11.3 Å². The Morgan fingerprint density at radius 3 is 2.35 bits per heavy atom. The fraction of sp³-hybridized carbons (Fsp3) is 0.438. The molecule has 1 aromatic heterocycles. The summed E-state index contributed by atoms with van der Waals surface area (Å²) in [5.41, 5.74) is 9.51. The van der Waals surface area contributed by atoms with Gasteiger partial charge in [-0.3, -0.25) is 4.68 Å². The molecule has 0 atom stereocenters. The number of benzene rings is 1. The van der Waals surface area contributed by atoms with E-state index in [-0.39, 0.29) is 0 Å². The Bertz CT molecular complexity index is 595. The van der Waals surface area contributed by atoms with Gasteiger partial charge in [-0.15, -0.1) is 0 Å². The molecule has 0 unspecified atom stereocenters. The predicted octanol–water partition coefficient (Wildman–Crippen LogP) is 4.48. The Labute approximate surface area is 128 Å². The lowest BCUT2D eigenvalue weighted by molar-refractivity contribution is 0.443. The minimum atomic E-state index is 0.541. The molecule has 1 aliphatic carbocycles. The van der Waals surface area contributed by atoms with Crippen molar-refractivity contribution >= 4 is 21.7 Å². The lowest BCUT2D eigenvalue weighted by Gasteiger charge is -2.22. The number of nitrogens with two attached hydrogens (primary N) is 1. The highest BCUT2D eigenvalue weighted by molar-refractivity contribution is 9.10. The van der Waals surface area contributed by atoms with Crippen molar-refractivity contribution in [1.29, 1.82) is 0 Å². The third-order valence-electron chi connectivity index (χ3n) is 4.27. The summed E-state index contributed by atoms with van der Waals surface area (Å²) in [6.07, 6.45) is 6.81. The van der Waals surface area contributed by atoms with E-state index in [2.05, 4.69) is 45.3 Å². The minimum absolute atomic E-state index is 0.541. The highest BCUT2D eigenvalue weighted by atomic mass is 79.9. The Morgan fingerprint density at radius 2 is 1.80 bits per heavy atom. The molecule has 0 saturated heterocycles. The van der Waals surface area contributed by atoms with Crippen LogP contribution >= 0.6 is 15.9 Å². The highest BCUT2D eigenvalue weighted by Crippen LogP contribution is 2.35. The Hall–Kier alpha value is -1.29. The number of nitrogens with zero attached hydrogens (tertiary/aromatic N) is 2. The summed E-state index contributed by atoms with van der Waals surface area (Å²) >= 11 is 3.52. The maximum Gasteiger partial charge on any atom is 0.160 e. The van der Waals surface area contributed by atoms with E-state index in [4.69, 9.17) is 5.73 Å². The molecule has 0 amide bonds. The fourth-order valence-electron chi connectivity index (χ4n) is 3.18. The Morgan fingerprint density at radius 1 is 1.15 bits per heavy atom. The summed E-state index contributed by atoms with van der Waals surface area (Å²) in [4.78, 5) is 0. The van der Waals surface area contributed by atoms with Crippen molar-refractivity contribution in [3.8, 4) is 11.3 Å². The molecule has 1 saturated carbocycles. The molecule has 0 aliphatic heterocycles. The first-order chi connectivity index (χ1) is 9.66. The molecule has 4 heteroatoms. The molecular formula is C16H20BrN3. The average molecular weight is 334 g/mol. The van der Waals surface area contributed by atoms with Gasteiger partial charge in [0.15, 0.2) is 5.82 Å². The molecule has 1 aromatic carbocycles. The van der Waals surface area contributed by atoms with Crippen LogP contribution in [0, 0.1) is 0 Å². The van der Waals surface area contributed by atoms with Crippen molar-refractivity contribution < 1.29 is 0 Å². The normalized spacial score (nSPS) is 16.5. The maximum absolute atomic E-state index is 5.85. The molecule has 2 aromatic rings. The number of aromatic nitrogens is 2. The summed E-state index contributed by atoms with van der Waals surface area (Å²) in [6, 6.07) is 8.90.